The summed E-state index contributed by atoms with van der Waals surface area (Å²) < 4.78 is 5.34. The third-order valence-electron chi connectivity index (χ3n) is 5.57. The van der Waals surface area contributed by atoms with Crippen LogP contribution in [0.3, 0.4) is 0 Å². The Hall–Kier alpha value is -0.810. The number of aliphatic hydroxyl groups is 2. The smallest absolute Gasteiger partial charge is 0.407 e. The number of aliphatic hydroxyl groups excluding tert-OH is 2. The van der Waals surface area contributed by atoms with Crippen LogP contribution in [-0.2, 0) is 4.74 Å². The maximum absolute atomic E-state index is 12.2. The minimum absolute atomic E-state index is 0.280. The van der Waals surface area contributed by atoms with E-state index in [0.29, 0.717) is 12.8 Å². The lowest BCUT2D eigenvalue weighted by molar-refractivity contribution is -0.0198. The molecule has 0 spiro atoms. The van der Waals surface area contributed by atoms with Crippen LogP contribution in [0.1, 0.15) is 105 Å². The van der Waals surface area contributed by atoms with E-state index in [2.05, 4.69) is 5.32 Å². The first-order valence-electron chi connectivity index (χ1n) is 11.4. The Morgan fingerprint density at radius 3 is 2.29 bits per heavy atom. The highest BCUT2D eigenvalue weighted by Gasteiger charge is 2.29. The van der Waals surface area contributed by atoms with Gasteiger partial charge in [-0.1, -0.05) is 71.6 Å². The summed E-state index contributed by atoms with van der Waals surface area (Å²) in [4.78, 5) is 12.2. The van der Waals surface area contributed by atoms with Crippen molar-refractivity contribution in [1.29, 1.82) is 0 Å². The Labute approximate surface area is 172 Å². The molecular weight excluding hydrogens is 354 g/mol. The lowest BCUT2D eigenvalue weighted by Gasteiger charge is -2.30. The molecule has 1 saturated carbocycles. The average molecular weight is 400 g/mol. The maximum atomic E-state index is 12.2. The largest absolute Gasteiger partial charge is 0.444 e. The fourth-order valence-corrected chi connectivity index (χ4v) is 4.13. The van der Waals surface area contributed by atoms with Crippen molar-refractivity contribution in [1.82, 2.24) is 5.32 Å². The molecule has 3 N–H and O–H groups in total. The van der Waals surface area contributed by atoms with Gasteiger partial charge in [-0.3, -0.25) is 0 Å². The van der Waals surface area contributed by atoms with E-state index in [4.69, 9.17) is 4.74 Å². The zero-order chi connectivity index (χ0) is 21.2. The summed E-state index contributed by atoms with van der Waals surface area (Å²) in [6, 6.07) is -0.488. The van der Waals surface area contributed by atoms with Crippen molar-refractivity contribution in [2.75, 3.05) is 0 Å². The molecule has 5 heteroatoms. The first-order valence-corrected chi connectivity index (χ1v) is 11.4. The van der Waals surface area contributed by atoms with Crippen LogP contribution in [-0.4, -0.2) is 40.2 Å². The Morgan fingerprint density at radius 2 is 1.71 bits per heavy atom. The van der Waals surface area contributed by atoms with Crippen LogP contribution in [0.15, 0.2) is 0 Å². The van der Waals surface area contributed by atoms with Gasteiger partial charge in [0.15, 0.2) is 0 Å². The summed E-state index contributed by atoms with van der Waals surface area (Å²) in [5.74, 6) is 1.17. The van der Waals surface area contributed by atoms with Crippen molar-refractivity contribution in [2.45, 2.75) is 129 Å². The summed E-state index contributed by atoms with van der Waals surface area (Å²) in [7, 11) is 0. The summed E-state index contributed by atoms with van der Waals surface area (Å²) >= 11 is 0. The third-order valence-corrected chi connectivity index (χ3v) is 5.57. The summed E-state index contributed by atoms with van der Waals surface area (Å²) in [5.41, 5.74) is -0.587. The molecule has 1 rings (SSSR count). The molecular formula is C23H45NO4. The number of carbonyl (C=O) groups is 1. The number of hydrogen-bond donors (Lipinski definition) is 3. The third kappa shape index (κ3) is 11.3. The van der Waals surface area contributed by atoms with Crippen molar-refractivity contribution in [3.8, 4) is 0 Å². The standard InChI is InChI=1S/C23H45NO4/c1-17(2)16-20(25)21(26)19(24-22(27)28-23(3,4)5)15-11-7-10-14-18-12-8-6-9-13-18/h17-21,25-26H,6-16H2,1-5H3,(H,24,27)/t19-,20-,21+/m0/s1. The van der Waals surface area contributed by atoms with Crippen LogP contribution in [0.2, 0.25) is 0 Å². The molecule has 3 atom stereocenters. The van der Waals surface area contributed by atoms with Crippen molar-refractivity contribution < 1.29 is 19.7 Å². The lowest BCUT2D eigenvalue weighted by atomic mass is 9.85. The van der Waals surface area contributed by atoms with Crippen molar-refractivity contribution in [3.05, 3.63) is 0 Å². The summed E-state index contributed by atoms with van der Waals surface area (Å²) in [6.07, 6.45) is 10.2. The molecule has 0 saturated heterocycles. The van der Waals surface area contributed by atoms with E-state index in [1.54, 1.807) is 0 Å². The highest BCUT2D eigenvalue weighted by atomic mass is 16.6. The first-order chi connectivity index (χ1) is 13.1. The monoisotopic (exact) mass is 399 g/mol. The number of hydrogen-bond acceptors (Lipinski definition) is 4. The van der Waals surface area contributed by atoms with Crippen LogP contribution in [0.5, 0.6) is 0 Å². The zero-order valence-corrected chi connectivity index (χ0v) is 18.9. The zero-order valence-electron chi connectivity index (χ0n) is 18.9. The lowest BCUT2D eigenvalue weighted by Crippen LogP contribution is -2.50. The molecule has 0 aromatic carbocycles. The molecule has 1 aliphatic rings. The first kappa shape index (κ1) is 25.2. The minimum Gasteiger partial charge on any atom is -0.444 e. The Bertz CT molecular complexity index is 427. The summed E-state index contributed by atoms with van der Waals surface area (Å²) in [5, 5.41) is 23.7. The number of amides is 1. The van der Waals surface area contributed by atoms with Gasteiger partial charge in [0.05, 0.1) is 12.1 Å². The molecule has 0 unspecified atom stereocenters. The fraction of sp³-hybridized carbons (Fsp3) is 0.957. The fourth-order valence-electron chi connectivity index (χ4n) is 4.13. The number of unbranched alkanes of at least 4 members (excludes halogenated alkanes) is 2. The van der Waals surface area contributed by atoms with E-state index in [-0.39, 0.29) is 5.92 Å². The molecule has 1 aliphatic carbocycles. The maximum Gasteiger partial charge on any atom is 0.407 e. The number of nitrogens with one attached hydrogen (secondary N) is 1. The van der Waals surface area contributed by atoms with E-state index < -0.39 is 29.9 Å². The number of ether oxygens (including phenoxy) is 1. The van der Waals surface area contributed by atoms with Crippen molar-refractivity contribution >= 4 is 6.09 Å². The van der Waals surface area contributed by atoms with Crippen LogP contribution < -0.4 is 5.32 Å². The Morgan fingerprint density at radius 1 is 1.07 bits per heavy atom. The van der Waals surface area contributed by atoms with E-state index in [1.807, 2.05) is 34.6 Å². The van der Waals surface area contributed by atoms with Gasteiger partial charge in [0.2, 0.25) is 0 Å². The van der Waals surface area contributed by atoms with Gasteiger partial charge in [0.1, 0.15) is 11.7 Å². The molecule has 166 valence electrons. The number of carbonyl (C=O) groups excluding carboxylic acids is 1. The van der Waals surface area contributed by atoms with Gasteiger partial charge >= 0.3 is 6.09 Å². The van der Waals surface area contributed by atoms with E-state index in [9.17, 15) is 15.0 Å². The summed E-state index contributed by atoms with van der Waals surface area (Å²) in [6.45, 7) is 9.47. The molecule has 0 bridgehead atoms. The van der Waals surface area contributed by atoms with Crippen LogP contribution in [0, 0.1) is 11.8 Å². The molecule has 0 aromatic heterocycles. The SMILES string of the molecule is CC(C)C[C@H](O)[C@H](O)[C@H](CCCCCC1CCCCC1)NC(=O)OC(C)(C)C. The van der Waals surface area contributed by atoms with Gasteiger partial charge in [0, 0.05) is 0 Å². The van der Waals surface area contributed by atoms with Crippen molar-refractivity contribution in [2.24, 2.45) is 11.8 Å². The predicted molar refractivity (Wildman–Crippen MR) is 114 cm³/mol. The Balaban J connectivity index is 2.47. The highest BCUT2D eigenvalue weighted by molar-refractivity contribution is 5.68. The van der Waals surface area contributed by atoms with Gasteiger partial charge in [0.25, 0.3) is 0 Å². The van der Waals surface area contributed by atoms with Gasteiger partial charge in [-0.15, -0.1) is 0 Å². The second kappa shape index (κ2) is 12.7. The quantitative estimate of drug-likeness (QED) is 0.418. The minimum atomic E-state index is -0.978. The number of rotatable bonds is 11. The van der Waals surface area contributed by atoms with Gasteiger partial charge in [-0.25, -0.2) is 4.79 Å². The van der Waals surface area contributed by atoms with Gasteiger partial charge in [-0.05, 0) is 45.4 Å². The molecule has 0 aliphatic heterocycles. The van der Waals surface area contributed by atoms with Crippen LogP contribution >= 0.6 is 0 Å². The molecule has 0 aromatic rings. The second-order valence-electron chi connectivity index (χ2n) is 10.1. The second-order valence-corrected chi connectivity index (χ2v) is 10.1. The molecule has 5 nitrogen and oxygen atoms in total. The molecule has 0 heterocycles. The Kier molecular flexibility index (Phi) is 11.4. The topological polar surface area (TPSA) is 78.8 Å². The van der Waals surface area contributed by atoms with Crippen molar-refractivity contribution in [3.63, 3.8) is 0 Å². The molecule has 1 amide bonds. The normalized spacial score (nSPS) is 19.3. The average Bonchev–Trinajstić information content (AvgIpc) is 2.58. The molecule has 0 radical (unpaired) electrons. The van der Waals surface area contributed by atoms with E-state index in [0.717, 1.165) is 18.8 Å². The van der Waals surface area contributed by atoms with Gasteiger partial charge in [-0.2, -0.15) is 0 Å². The van der Waals surface area contributed by atoms with Gasteiger partial charge < -0.3 is 20.3 Å². The highest BCUT2D eigenvalue weighted by Crippen LogP contribution is 2.28. The van der Waals surface area contributed by atoms with Crippen LogP contribution in [0.25, 0.3) is 0 Å². The number of alkyl carbamates (subject to hydrolysis) is 1. The molecule has 1 fully saturated rings. The van der Waals surface area contributed by atoms with E-state index in [1.165, 1.54) is 44.9 Å². The van der Waals surface area contributed by atoms with Crippen LogP contribution in [0.4, 0.5) is 4.79 Å². The van der Waals surface area contributed by atoms with E-state index >= 15 is 0 Å². The molecule has 28 heavy (non-hydrogen) atoms. The predicted octanol–water partition coefficient (Wildman–Crippen LogP) is 5.18.